The van der Waals surface area contributed by atoms with Gasteiger partial charge >= 0.3 is 6.09 Å². The molecule has 0 radical (unpaired) electrons. The fourth-order valence-corrected chi connectivity index (χ4v) is 1.63. The molecule has 0 bridgehead atoms. The molecule has 0 spiro atoms. The first-order valence-electron chi connectivity index (χ1n) is 5.33. The Kier molecular flexibility index (Phi) is 3.93. The molecule has 1 saturated heterocycles. The van der Waals surface area contributed by atoms with Gasteiger partial charge in [0.15, 0.2) is 6.23 Å². The number of nitrogens with zero attached hydrogens (tertiary/aromatic N) is 1. The summed E-state index contributed by atoms with van der Waals surface area (Å²) in [4.78, 5) is 23.9. The molecule has 6 nitrogen and oxygen atoms in total. The molecule has 6 heteroatoms. The van der Waals surface area contributed by atoms with Crippen molar-refractivity contribution in [2.75, 3.05) is 13.7 Å². The van der Waals surface area contributed by atoms with Crippen LogP contribution in [0.3, 0.4) is 0 Å². The minimum Gasteiger partial charge on any atom is -0.444 e. The third kappa shape index (κ3) is 3.06. The summed E-state index contributed by atoms with van der Waals surface area (Å²) in [5.41, 5.74) is 5.35. The largest absolute Gasteiger partial charge is 0.444 e. The van der Waals surface area contributed by atoms with Crippen LogP contribution in [0.4, 0.5) is 4.79 Å². The van der Waals surface area contributed by atoms with Gasteiger partial charge in [0.2, 0.25) is 0 Å². The van der Waals surface area contributed by atoms with Crippen LogP contribution in [0.25, 0.3) is 0 Å². The normalized spacial score (nSPS) is 24.8. The molecule has 1 aliphatic rings. The van der Waals surface area contributed by atoms with Crippen LogP contribution in [0, 0.1) is 0 Å². The fourth-order valence-electron chi connectivity index (χ4n) is 1.63. The number of hydrogen-bond acceptors (Lipinski definition) is 5. The topological polar surface area (TPSA) is 81.9 Å². The molecule has 0 unspecified atom stereocenters. The van der Waals surface area contributed by atoms with Gasteiger partial charge < -0.3 is 15.2 Å². The van der Waals surface area contributed by atoms with E-state index in [1.165, 1.54) is 12.0 Å². The van der Waals surface area contributed by atoms with Crippen molar-refractivity contribution < 1.29 is 19.1 Å². The van der Waals surface area contributed by atoms with Gasteiger partial charge in [-0.1, -0.05) is 0 Å². The first-order valence-corrected chi connectivity index (χ1v) is 5.33. The molecule has 1 amide bonds. The molecule has 0 aliphatic carbocycles. The average molecular weight is 242 g/mol. The van der Waals surface area contributed by atoms with E-state index < -0.39 is 24.0 Å². The van der Waals surface area contributed by atoms with Crippen LogP contribution in [-0.4, -0.2) is 48.5 Å². The molecule has 96 valence electrons. The van der Waals surface area contributed by atoms with Gasteiger partial charge in [-0.15, -0.1) is 0 Å². The third-order valence-corrected chi connectivity index (χ3v) is 2.31. The summed E-state index contributed by atoms with van der Waals surface area (Å²) in [6, 6.07) is -0.551. The van der Waals surface area contributed by atoms with Crippen molar-refractivity contribution in [1.29, 1.82) is 0 Å². The highest BCUT2D eigenvalue weighted by atomic mass is 16.6. The molecule has 2 N–H and O–H groups in total. The van der Waals surface area contributed by atoms with Crippen LogP contribution in [0.1, 0.15) is 20.8 Å². The maximum atomic E-state index is 11.9. The van der Waals surface area contributed by atoms with Gasteiger partial charge in [-0.2, -0.15) is 0 Å². The van der Waals surface area contributed by atoms with Crippen LogP contribution in [0.15, 0.2) is 5.57 Å². The Morgan fingerprint density at radius 2 is 2.12 bits per heavy atom. The predicted molar refractivity (Wildman–Crippen MR) is 60.9 cm³/mol. The predicted octanol–water partition coefficient (Wildman–Crippen LogP) is 0.295. The molecular formula is C11H18N2O4. The van der Waals surface area contributed by atoms with Gasteiger partial charge in [-0.05, 0) is 20.8 Å². The standard InChI is InChI=1S/C11H18N2O4/c1-11(2,3)17-10(15)13-5-8(12)7(6-14)9(13)16-4/h8-9H,5,12H2,1-4H3/t8-,9-/m0/s1. The minimum atomic E-state index is -0.780. The second-order valence-corrected chi connectivity index (χ2v) is 4.88. The first kappa shape index (κ1) is 13.7. The van der Waals surface area contributed by atoms with Crippen molar-refractivity contribution in [2.24, 2.45) is 5.73 Å². The summed E-state index contributed by atoms with van der Waals surface area (Å²) in [7, 11) is 1.40. The van der Waals surface area contributed by atoms with Crippen molar-refractivity contribution >= 4 is 12.0 Å². The van der Waals surface area contributed by atoms with Crippen LogP contribution >= 0.6 is 0 Å². The Balaban J connectivity index is 2.85. The van der Waals surface area contributed by atoms with E-state index in [1.54, 1.807) is 26.7 Å². The zero-order chi connectivity index (χ0) is 13.2. The summed E-state index contributed by atoms with van der Waals surface area (Å²) in [5, 5.41) is 0. The van der Waals surface area contributed by atoms with E-state index in [0.29, 0.717) is 0 Å². The fraction of sp³-hybridized carbons (Fsp3) is 0.727. The van der Waals surface area contributed by atoms with Crippen molar-refractivity contribution in [3.8, 4) is 0 Å². The number of likely N-dealkylation sites (tertiary alicyclic amines) is 1. The van der Waals surface area contributed by atoms with Crippen LogP contribution in [0.5, 0.6) is 0 Å². The van der Waals surface area contributed by atoms with Gasteiger partial charge in [0.1, 0.15) is 11.5 Å². The monoisotopic (exact) mass is 242 g/mol. The summed E-state index contributed by atoms with van der Waals surface area (Å²) in [6.07, 6.45) is -1.33. The van der Waals surface area contributed by atoms with E-state index in [0.717, 1.165) is 0 Å². The van der Waals surface area contributed by atoms with Crippen LogP contribution in [-0.2, 0) is 14.3 Å². The molecule has 0 aromatic carbocycles. The van der Waals surface area contributed by atoms with E-state index in [1.807, 2.05) is 0 Å². The average Bonchev–Trinajstić information content (AvgIpc) is 2.51. The maximum absolute atomic E-state index is 11.9. The second-order valence-electron chi connectivity index (χ2n) is 4.88. The number of carbonyl (C=O) groups excluding carboxylic acids is 2. The van der Waals surface area contributed by atoms with Gasteiger partial charge in [0, 0.05) is 13.7 Å². The highest BCUT2D eigenvalue weighted by molar-refractivity contribution is 5.72. The van der Waals surface area contributed by atoms with Gasteiger partial charge in [-0.25, -0.2) is 9.59 Å². The molecular weight excluding hydrogens is 224 g/mol. The second kappa shape index (κ2) is 4.87. The van der Waals surface area contributed by atoms with Crippen molar-refractivity contribution in [2.45, 2.75) is 38.6 Å². The molecule has 2 atom stereocenters. The number of carbonyl (C=O) groups is 1. The highest BCUT2D eigenvalue weighted by Crippen LogP contribution is 2.23. The Morgan fingerprint density at radius 1 is 1.53 bits per heavy atom. The Bertz CT molecular complexity index is 355. The van der Waals surface area contributed by atoms with Gasteiger partial charge in [0.05, 0.1) is 11.6 Å². The molecule has 0 aromatic rings. The highest BCUT2D eigenvalue weighted by Gasteiger charge is 2.41. The Labute approximate surface area is 100 Å². The van der Waals surface area contributed by atoms with E-state index in [4.69, 9.17) is 15.2 Å². The quantitative estimate of drug-likeness (QED) is 0.668. The molecule has 0 aromatic heterocycles. The number of ether oxygens (including phenoxy) is 2. The molecule has 1 aliphatic heterocycles. The van der Waals surface area contributed by atoms with Gasteiger partial charge in [0.25, 0.3) is 0 Å². The smallest absolute Gasteiger partial charge is 0.412 e. The summed E-state index contributed by atoms with van der Waals surface area (Å²) in [5.74, 6) is 1.73. The van der Waals surface area contributed by atoms with E-state index in [2.05, 4.69) is 0 Å². The molecule has 17 heavy (non-hydrogen) atoms. The Morgan fingerprint density at radius 3 is 2.53 bits per heavy atom. The van der Waals surface area contributed by atoms with Crippen LogP contribution < -0.4 is 5.73 Å². The van der Waals surface area contributed by atoms with Crippen molar-refractivity contribution in [3.05, 3.63) is 5.57 Å². The molecule has 1 fully saturated rings. The summed E-state index contributed by atoms with van der Waals surface area (Å²) in [6.45, 7) is 5.48. The summed E-state index contributed by atoms with van der Waals surface area (Å²) < 4.78 is 10.3. The van der Waals surface area contributed by atoms with Crippen molar-refractivity contribution in [3.63, 3.8) is 0 Å². The zero-order valence-electron chi connectivity index (χ0n) is 10.5. The minimum absolute atomic E-state index is 0.192. The number of methoxy groups -OCH3 is 1. The third-order valence-electron chi connectivity index (χ3n) is 2.31. The van der Waals surface area contributed by atoms with E-state index >= 15 is 0 Å². The lowest BCUT2D eigenvalue weighted by Gasteiger charge is -2.27. The Hall–Kier alpha value is -1.36. The molecule has 1 rings (SSSR count). The summed E-state index contributed by atoms with van der Waals surface area (Å²) >= 11 is 0. The lowest BCUT2D eigenvalue weighted by atomic mass is 10.2. The number of nitrogens with two attached hydrogens (primary N) is 1. The van der Waals surface area contributed by atoms with Gasteiger partial charge in [-0.3, -0.25) is 4.90 Å². The van der Waals surface area contributed by atoms with Crippen LogP contribution in [0.2, 0.25) is 0 Å². The number of hydrogen-bond donors (Lipinski definition) is 1. The number of amides is 1. The maximum Gasteiger partial charge on any atom is 0.412 e. The van der Waals surface area contributed by atoms with E-state index in [-0.39, 0.29) is 12.1 Å². The molecule has 0 saturated carbocycles. The number of rotatable bonds is 1. The lowest BCUT2D eigenvalue weighted by Crippen LogP contribution is -2.41. The SMILES string of the molecule is CO[C@H]1C(=C=O)[C@@H](N)CN1C(=O)OC(C)(C)C. The zero-order valence-corrected chi connectivity index (χ0v) is 10.5. The first-order chi connectivity index (χ1) is 7.80. The van der Waals surface area contributed by atoms with E-state index in [9.17, 15) is 9.59 Å². The molecule has 1 heterocycles. The lowest BCUT2D eigenvalue weighted by molar-refractivity contribution is -0.0195. The van der Waals surface area contributed by atoms with Crippen molar-refractivity contribution in [1.82, 2.24) is 4.90 Å².